The molecule has 0 atom stereocenters. The van der Waals surface area contributed by atoms with Crippen molar-refractivity contribution in [2.24, 2.45) is 7.05 Å². The second-order valence-corrected chi connectivity index (χ2v) is 6.69. The van der Waals surface area contributed by atoms with E-state index in [0.717, 1.165) is 29.3 Å². The summed E-state index contributed by atoms with van der Waals surface area (Å²) in [7, 11) is 1.75. The predicted molar refractivity (Wildman–Crippen MR) is 89.9 cm³/mol. The lowest BCUT2D eigenvalue weighted by Gasteiger charge is -2.10. The minimum atomic E-state index is -0.454. The van der Waals surface area contributed by atoms with E-state index >= 15 is 0 Å². The molecule has 0 aliphatic heterocycles. The Hall–Kier alpha value is -2.61. The molecule has 0 bridgehead atoms. The second-order valence-electron chi connectivity index (χ2n) is 5.74. The Labute approximate surface area is 142 Å². The lowest BCUT2D eigenvalue weighted by molar-refractivity contribution is -0.392. The van der Waals surface area contributed by atoms with Crippen molar-refractivity contribution in [1.29, 1.82) is 0 Å². The molecular weight excluding hydrogens is 326 g/mol. The molecule has 0 radical (unpaired) electrons. The van der Waals surface area contributed by atoms with E-state index in [9.17, 15) is 10.1 Å². The third-order valence-corrected chi connectivity index (χ3v) is 5.12. The SMILES string of the molecule is Cn1cnc([N+](=O)[O-])c1Sc1ncc(-c2ccccc2)n1C1CC1. The molecule has 1 aliphatic carbocycles. The summed E-state index contributed by atoms with van der Waals surface area (Å²) in [5, 5.41) is 12.4. The van der Waals surface area contributed by atoms with Gasteiger partial charge in [-0.15, -0.1) is 0 Å². The fourth-order valence-corrected chi connectivity index (χ4v) is 3.70. The number of hydrogen-bond acceptors (Lipinski definition) is 5. The molecule has 0 unspecified atom stereocenters. The summed E-state index contributed by atoms with van der Waals surface area (Å²) in [6.07, 6.45) is 5.52. The van der Waals surface area contributed by atoms with E-state index in [2.05, 4.69) is 26.7 Å². The molecule has 2 aromatic heterocycles. The lowest BCUT2D eigenvalue weighted by atomic mass is 10.2. The Balaban J connectivity index is 1.76. The molecular formula is C16H15N5O2S. The van der Waals surface area contributed by atoms with Crippen molar-refractivity contribution in [3.05, 3.63) is 53.0 Å². The van der Waals surface area contributed by atoms with E-state index in [1.807, 2.05) is 24.4 Å². The van der Waals surface area contributed by atoms with Gasteiger partial charge in [0, 0.05) is 13.1 Å². The molecule has 24 heavy (non-hydrogen) atoms. The van der Waals surface area contributed by atoms with Crippen molar-refractivity contribution in [1.82, 2.24) is 19.1 Å². The van der Waals surface area contributed by atoms with E-state index < -0.39 is 4.92 Å². The summed E-state index contributed by atoms with van der Waals surface area (Å²) in [4.78, 5) is 19.1. The van der Waals surface area contributed by atoms with Crippen molar-refractivity contribution in [2.45, 2.75) is 29.1 Å². The van der Waals surface area contributed by atoms with Crippen LogP contribution in [-0.2, 0) is 7.05 Å². The van der Waals surface area contributed by atoms with Gasteiger partial charge in [0.25, 0.3) is 0 Å². The first-order valence-electron chi connectivity index (χ1n) is 7.61. The fraction of sp³-hybridized carbons (Fsp3) is 0.250. The van der Waals surface area contributed by atoms with Gasteiger partial charge in [-0.25, -0.2) is 4.98 Å². The highest BCUT2D eigenvalue weighted by molar-refractivity contribution is 7.99. The molecule has 1 aliphatic rings. The summed E-state index contributed by atoms with van der Waals surface area (Å²) < 4.78 is 3.85. The summed E-state index contributed by atoms with van der Waals surface area (Å²) in [5.74, 6) is -0.130. The molecule has 0 spiro atoms. The first-order chi connectivity index (χ1) is 11.6. The number of benzene rings is 1. The quantitative estimate of drug-likeness (QED) is 0.522. The Morgan fingerprint density at radius 2 is 2.00 bits per heavy atom. The third-order valence-electron chi connectivity index (χ3n) is 3.97. The molecule has 8 heteroatoms. The molecule has 1 saturated carbocycles. The standard InChI is InChI=1S/C16H15N5O2S/c1-19-10-18-14(21(22)23)15(19)24-16-17-9-13(20(16)12-7-8-12)11-5-3-2-4-6-11/h2-6,9-10,12H,7-8H2,1H3. The molecule has 0 amide bonds. The van der Waals surface area contributed by atoms with E-state index in [0.29, 0.717) is 11.1 Å². The molecule has 0 saturated heterocycles. The molecule has 122 valence electrons. The highest BCUT2D eigenvalue weighted by Gasteiger charge is 2.31. The number of aromatic nitrogens is 4. The van der Waals surface area contributed by atoms with Crippen LogP contribution in [0.25, 0.3) is 11.3 Å². The maximum Gasteiger partial charge on any atom is 0.396 e. The number of imidazole rings is 2. The van der Waals surface area contributed by atoms with Crippen LogP contribution in [0.15, 0.2) is 53.0 Å². The van der Waals surface area contributed by atoms with Crippen molar-refractivity contribution in [2.75, 3.05) is 0 Å². The zero-order chi connectivity index (χ0) is 16.7. The zero-order valence-electron chi connectivity index (χ0n) is 13.0. The van der Waals surface area contributed by atoms with Crippen molar-refractivity contribution in [3.63, 3.8) is 0 Å². The predicted octanol–water partition coefficient (Wildman–Crippen LogP) is 3.68. The molecule has 0 N–H and O–H groups in total. The fourth-order valence-electron chi connectivity index (χ4n) is 2.66. The van der Waals surface area contributed by atoms with Crippen LogP contribution in [0.3, 0.4) is 0 Å². The van der Waals surface area contributed by atoms with Crippen LogP contribution in [0, 0.1) is 10.1 Å². The molecule has 3 aromatic rings. The van der Waals surface area contributed by atoms with Gasteiger partial charge in [0.15, 0.2) is 10.2 Å². The second kappa shape index (κ2) is 5.79. The van der Waals surface area contributed by atoms with E-state index in [4.69, 9.17) is 0 Å². The van der Waals surface area contributed by atoms with Crippen LogP contribution in [0.5, 0.6) is 0 Å². The summed E-state index contributed by atoms with van der Waals surface area (Å²) in [5.41, 5.74) is 2.15. The average molecular weight is 341 g/mol. The summed E-state index contributed by atoms with van der Waals surface area (Å²) >= 11 is 1.30. The lowest BCUT2D eigenvalue weighted by Crippen LogP contribution is -2.00. The van der Waals surface area contributed by atoms with Crippen molar-refractivity contribution >= 4 is 17.6 Å². The zero-order valence-corrected chi connectivity index (χ0v) is 13.8. The van der Waals surface area contributed by atoms with Crippen LogP contribution in [0.2, 0.25) is 0 Å². The summed E-state index contributed by atoms with van der Waals surface area (Å²) in [6.45, 7) is 0. The number of nitro groups is 1. The van der Waals surface area contributed by atoms with E-state index in [1.54, 1.807) is 11.6 Å². The van der Waals surface area contributed by atoms with Crippen molar-refractivity contribution in [3.8, 4) is 11.3 Å². The molecule has 1 aromatic carbocycles. The highest BCUT2D eigenvalue weighted by Crippen LogP contribution is 2.44. The maximum atomic E-state index is 11.2. The number of nitrogens with zero attached hydrogens (tertiary/aromatic N) is 5. The maximum absolute atomic E-state index is 11.2. The van der Waals surface area contributed by atoms with Gasteiger partial charge < -0.3 is 19.2 Å². The topological polar surface area (TPSA) is 78.8 Å². The van der Waals surface area contributed by atoms with Gasteiger partial charge in [-0.05, 0) is 40.1 Å². The van der Waals surface area contributed by atoms with Gasteiger partial charge in [-0.3, -0.25) is 0 Å². The molecule has 4 rings (SSSR count). The molecule has 1 fully saturated rings. The van der Waals surface area contributed by atoms with Crippen LogP contribution < -0.4 is 0 Å². The smallest absolute Gasteiger partial charge is 0.358 e. The Morgan fingerprint density at radius 1 is 1.25 bits per heavy atom. The molecule has 7 nitrogen and oxygen atoms in total. The summed E-state index contributed by atoms with van der Waals surface area (Å²) in [6, 6.07) is 10.5. The number of hydrogen-bond donors (Lipinski definition) is 0. The van der Waals surface area contributed by atoms with E-state index in [-0.39, 0.29) is 5.82 Å². The Kier molecular flexibility index (Phi) is 3.61. The number of aryl methyl sites for hydroxylation is 1. The van der Waals surface area contributed by atoms with Gasteiger partial charge in [0.2, 0.25) is 6.33 Å². The Bertz CT molecular complexity index is 899. The minimum absolute atomic E-state index is 0.130. The number of rotatable bonds is 5. The van der Waals surface area contributed by atoms with Crippen LogP contribution in [0.4, 0.5) is 5.82 Å². The van der Waals surface area contributed by atoms with Crippen LogP contribution in [-0.4, -0.2) is 24.0 Å². The largest absolute Gasteiger partial charge is 0.396 e. The van der Waals surface area contributed by atoms with Crippen LogP contribution >= 0.6 is 11.8 Å². The monoisotopic (exact) mass is 341 g/mol. The third kappa shape index (κ3) is 2.58. The highest BCUT2D eigenvalue weighted by atomic mass is 32.2. The van der Waals surface area contributed by atoms with Gasteiger partial charge >= 0.3 is 5.82 Å². The van der Waals surface area contributed by atoms with E-state index in [1.165, 1.54) is 18.1 Å². The van der Waals surface area contributed by atoms with Crippen molar-refractivity contribution < 1.29 is 4.92 Å². The van der Waals surface area contributed by atoms with Crippen LogP contribution in [0.1, 0.15) is 18.9 Å². The van der Waals surface area contributed by atoms with Gasteiger partial charge in [-0.2, -0.15) is 0 Å². The normalized spacial score (nSPS) is 14.0. The Morgan fingerprint density at radius 3 is 2.67 bits per heavy atom. The minimum Gasteiger partial charge on any atom is -0.358 e. The van der Waals surface area contributed by atoms with Gasteiger partial charge in [0.1, 0.15) is 0 Å². The molecule has 2 heterocycles. The van der Waals surface area contributed by atoms with Gasteiger partial charge in [-0.1, -0.05) is 30.3 Å². The first kappa shape index (κ1) is 14.9. The first-order valence-corrected chi connectivity index (χ1v) is 8.43. The van der Waals surface area contributed by atoms with Gasteiger partial charge in [0.05, 0.1) is 11.9 Å². The average Bonchev–Trinajstić information content (AvgIpc) is 3.23.